The summed E-state index contributed by atoms with van der Waals surface area (Å²) in [5.74, 6) is 0.296. The highest BCUT2D eigenvalue weighted by molar-refractivity contribution is 7.89. The summed E-state index contributed by atoms with van der Waals surface area (Å²) in [7, 11) is -2.29. The average molecular weight is 433 g/mol. The van der Waals surface area contributed by atoms with E-state index in [0.717, 1.165) is 5.56 Å². The van der Waals surface area contributed by atoms with E-state index in [1.54, 1.807) is 12.1 Å². The van der Waals surface area contributed by atoms with Gasteiger partial charge in [-0.15, -0.1) is 0 Å². The van der Waals surface area contributed by atoms with Crippen LogP contribution in [0, 0.1) is 0 Å². The summed E-state index contributed by atoms with van der Waals surface area (Å²) < 4.78 is 38.0. The maximum Gasteiger partial charge on any atom is 0.246 e. The van der Waals surface area contributed by atoms with Crippen LogP contribution in [0.15, 0.2) is 53.4 Å². The molecule has 8 heteroatoms. The Balaban J connectivity index is 1.69. The van der Waals surface area contributed by atoms with Crippen molar-refractivity contribution in [3.05, 3.63) is 59.7 Å². The molecule has 1 aliphatic heterocycles. The fourth-order valence-corrected chi connectivity index (χ4v) is 4.99. The number of rotatable bonds is 8. The zero-order valence-electron chi connectivity index (χ0n) is 17.3. The standard InChI is InChI=1S/C22H28N2O5S/c1-17(19-6-4-3-5-7-19)16-23-22(25)15-18-8-9-20(28-2)21(14-18)30(26,27)24-10-12-29-13-11-24/h3-9,14,17H,10-13,15-16H2,1-2H3,(H,23,25). The highest BCUT2D eigenvalue weighted by Crippen LogP contribution is 2.28. The monoisotopic (exact) mass is 432 g/mol. The lowest BCUT2D eigenvalue weighted by atomic mass is 10.0. The minimum Gasteiger partial charge on any atom is -0.495 e. The van der Waals surface area contributed by atoms with Crippen LogP contribution in [0.2, 0.25) is 0 Å². The Hall–Kier alpha value is -2.42. The first kappa shape index (κ1) is 22.3. The third-order valence-electron chi connectivity index (χ3n) is 5.15. The first-order valence-electron chi connectivity index (χ1n) is 9.98. The Labute approximate surface area is 178 Å². The summed E-state index contributed by atoms with van der Waals surface area (Å²) in [5, 5.41) is 2.93. The molecule has 2 aromatic carbocycles. The van der Waals surface area contributed by atoms with E-state index in [2.05, 4.69) is 12.2 Å². The van der Waals surface area contributed by atoms with Gasteiger partial charge in [0.05, 0.1) is 26.7 Å². The van der Waals surface area contributed by atoms with Crippen LogP contribution in [-0.4, -0.2) is 58.6 Å². The lowest BCUT2D eigenvalue weighted by molar-refractivity contribution is -0.120. The molecule has 162 valence electrons. The molecule has 7 nitrogen and oxygen atoms in total. The van der Waals surface area contributed by atoms with Gasteiger partial charge in [0.25, 0.3) is 0 Å². The van der Waals surface area contributed by atoms with Gasteiger partial charge in [-0.2, -0.15) is 4.31 Å². The van der Waals surface area contributed by atoms with Crippen molar-refractivity contribution in [2.75, 3.05) is 40.0 Å². The second-order valence-corrected chi connectivity index (χ2v) is 9.20. The van der Waals surface area contributed by atoms with Crippen LogP contribution in [0.1, 0.15) is 24.0 Å². The Morgan fingerprint density at radius 3 is 2.53 bits per heavy atom. The summed E-state index contributed by atoms with van der Waals surface area (Å²) in [5.41, 5.74) is 1.77. The molecule has 0 bridgehead atoms. The predicted molar refractivity (Wildman–Crippen MR) is 114 cm³/mol. The van der Waals surface area contributed by atoms with Crippen molar-refractivity contribution in [2.45, 2.75) is 24.2 Å². The van der Waals surface area contributed by atoms with Crippen LogP contribution in [-0.2, 0) is 26.0 Å². The predicted octanol–water partition coefficient (Wildman–Crippen LogP) is 2.18. The Kier molecular flexibility index (Phi) is 7.47. The van der Waals surface area contributed by atoms with E-state index in [1.165, 1.54) is 17.5 Å². The van der Waals surface area contributed by atoms with Crippen molar-refractivity contribution in [2.24, 2.45) is 0 Å². The molecule has 0 aromatic heterocycles. The topological polar surface area (TPSA) is 84.9 Å². The highest BCUT2D eigenvalue weighted by atomic mass is 32.2. The van der Waals surface area contributed by atoms with Gasteiger partial charge in [-0.25, -0.2) is 8.42 Å². The molecule has 1 N–H and O–H groups in total. The number of amides is 1. The molecule has 2 aromatic rings. The molecule has 0 saturated carbocycles. The summed E-state index contributed by atoms with van der Waals surface area (Å²) in [4.78, 5) is 12.5. The van der Waals surface area contributed by atoms with Gasteiger partial charge in [0.2, 0.25) is 15.9 Å². The van der Waals surface area contributed by atoms with Gasteiger partial charge in [-0.05, 0) is 29.2 Å². The number of nitrogens with one attached hydrogen (secondary N) is 1. The molecule has 1 fully saturated rings. The van der Waals surface area contributed by atoms with E-state index in [9.17, 15) is 13.2 Å². The lowest BCUT2D eigenvalue weighted by Gasteiger charge is -2.26. The number of nitrogens with zero attached hydrogens (tertiary/aromatic N) is 1. The quantitative estimate of drug-likeness (QED) is 0.691. The number of carbonyl (C=O) groups excluding carboxylic acids is 1. The smallest absolute Gasteiger partial charge is 0.246 e. The van der Waals surface area contributed by atoms with Crippen LogP contribution in [0.3, 0.4) is 0 Å². The van der Waals surface area contributed by atoms with Gasteiger partial charge >= 0.3 is 0 Å². The number of morpholine rings is 1. The van der Waals surface area contributed by atoms with Crippen LogP contribution < -0.4 is 10.1 Å². The van der Waals surface area contributed by atoms with Crippen LogP contribution in [0.5, 0.6) is 5.75 Å². The van der Waals surface area contributed by atoms with Gasteiger partial charge in [0, 0.05) is 19.6 Å². The number of methoxy groups -OCH3 is 1. The first-order valence-corrected chi connectivity index (χ1v) is 11.4. The fraction of sp³-hybridized carbons (Fsp3) is 0.409. The second kappa shape index (κ2) is 10.1. The third-order valence-corrected chi connectivity index (χ3v) is 7.07. The summed E-state index contributed by atoms with van der Waals surface area (Å²) >= 11 is 0. The van der Waals surface area contributed by atoms with E-state index in [0.29, 0.717) is 38.4 Å². The van der Waals surface area contributed by atoms with E-state index >= 15 is 0 Å². The van der Waals surface area contributed by atoms with Gasteiger partial charge in [-0.3, -0.25) is 4.79 Å². The minimum absolute atomic E-state index is 0.0786. The molecule has 1 aliphatic rings. The second-order valence-electron chi connectivity index (χ2n) is 7.29. The molecule has 0 aliphatic carbocycles. The number of hydrogen-bond donors (Lipinski definition) is 1. The van der Waals surface area contributed by atoms with Gasteiger partial charge in [0.1, 0.15) is 10.6 Å². The molecule has 0 radical (unpaired) electrons. The maximum absolute atomic E-state index is 13.1. The largest absolute Gasteiger partial charge is 0.495 e. The number of hydrogen-bond acceptors (Lipinski definition) is 5. The minimum atomic E-state index is -3.73. The maximum atomic E-state index is 13.1. The summed E-state index contributed by atoms with van der Waals surface area (Å²) in [6.45, 7) is 3.89. The van der Waals surface area contributed by atoms with Crippen molar-refractivity contribution in [3.8, 4) is 5.75 Å². The van der Waals surface area contributed by atoms with Crippen molar-refractivity contribution in [1.29, 1.82) is 0 Å². The van der Waals surface area contributed by atoms with Gasteiger partial charge in [-0.1, -0.05) is 43.3 Å². The normalized spacial score (nSPS) is 16.1. The molecule has 1 unspecified atom stereocenters. The Morgan fingerprint density at radius 1 is 1.17 bits per heavy atom. The lowest BCUT2D eigenvalue weighted by Crippen LogP contribution is -2.40. The molecular formula is C22H28N2O5S. The van der Waals surface area contributed by atoms with Crippen molar-refractivity contribution < 1.29 is 22.7 Å². The fourth-order valence-electron chi connectivity index (χ4n) is 3.37. The zero-order chi connectivity index (χ0) is 21.6. The molecule has 3 rings (SSSR count). The van der Waals surface area contributed by atoms with Gasteiger partial charge < -0.3 is 14.8 Å². The SMILES string of the molecule is COc1ccc(CC(=O)NCC(C)c2ccccc2)cc1S(=O)(=O)N1CCOCC1. The molecule has 1 heterocycles. The zero-order valence-corrected chi connectivity index (χ0v) is 18.2. The number of benzene rings is 2. The number of ether oxygens (including phenoxy) is 2. The molecule has 1 atom stereocenters. The van der Waals surface area contributed by atoms with Crippen LogP contribution in [0.25, 0.3) is 0 Å². The molecule has 30 heavy (non-hydrogen) atoms. The van der Waals surface area contributed by atoms with Crippen molar-refractivity contribution in [1.82, 2.24) is 9.62 Å². The van der Waals surface area contributed by atoms with E-state index in [-0.39, 0.29) is 28.9 Å². The summed E-state index contributed by atoms with van der Waals surface area (Å²) in [6.07, 6.45) is 0.0944. The number of carbonyl (C=O) groups is 1. The Bertz CT molecular complexity index is 957. The highest BCUT2D eigenvalue weighted by Gasteiger charge is 2.29. The Morgan fingerprint density at radius 2 is 1.87 bits per heavy atom. The van der Waals surface area contributed by atoms with Gasteiger partial charge in [0.15, 0.2) is 0 Å². The van der Waals surface area contributed by atoms with E-state index in [1.807, 2.05) is 30.3 Å². The van der Waals surface area contributed by atoms with Crippen LogP contribution >= 0.6 is 0 Å². The molecule has 1 saturated heterocycles. The number of sulfonamides is 1. The van der Waals surface area contributed by atoms with Crippen LogP contribution in [0.4, 0.5) is 0 Å². The van der Waals surface area contributed by atoms with E-state index < -0.39 is 10.0 Å². The molecule has 1 amide bonds. The van der Waals surface area contributed by atoms with E-state index in [4.69, 9.17) is 9.47 Å². The third kappa shape index (κ3) is 5.38. The summed E-state index contributed by atoms with van der Waals surface area (Å²) in [6, 6.07) is 14.8. The van der Waals surface area contributed by atoms with Crippen molar-refractivity contribution >= 4 is 15.9 Å². The van der Waals surface area contributed by atoms with Crippen molar-refractivity contribution in [3.63, 3.8) is 0 Å². The molecular weight excluding hydrogens is 404 g/mol. The first-order chi connectivity index (χ1) is 14.4. The average Bonchev–Trinajstić information content (AvgIpc) is 2.78. The molecule has 0 spiro atoms.